The predicted molar refractivity (Wildman–Crippen MR) is 48.6 cm³/mol. The van der Waals surface area contributed by atoms with Gasteiger partial charge in [-0.25, -0.2) is 4.79 Å². The van der Waals surface area contributed by atoms with Crippen molar-refractivity contribution in [2.24, 2.45) is 0 Å². The standard InChI is InChI=1S/C6H8O6.Ca.Na.H3O4P/c7-1-2(8)5-3(9)4(10)6(11)12-5;;;1-5(2,3)4/h2,5,7-10H,1H2;;;(H3,1,2,3,4)/q;+2;+1;/p-3/t2-,5+;;;/m0.../s1. The van der Waals surface area contributed by atoms with Crippen LogP contribution in [-0.4, -0.2) is 82.9 Å². The number of phosphoric acid groups is 1. The Balaban J connectivity index is -0.000000320. The molecule has 0 bridgehead atoms. The van der Waals surface area contributed by atoms with Gasteiger partial charge in [0.1, 0.15) is 6.10 Å². The Morgan fingerprint density at radius 1 is 1.32 bits per heavy atom. The van der Waals surface area contributed by atoms with Crippen LogP contribution in [0.1, 0.15) is 0 Å². The van der Waals surface area contributed by atoms with Gasteiger partial charge in [0, 0.05) is 0 Å². The maximum atomic E-state index is 10.5. The van der Waals surface area contributed by atoms with Crippen LogP contribution in [0.5, 0.6) is 0 Å². The van der Waals surface area contributed by atoms with Crippen molar-refractivity contribution in [3.8, 4) is 0 Å². The van der Waals surface area contributed by atoms with E-state index in [-0.39, 0.29) is 67.3 Å². The van der Waals surface area contributed by atoms with Crippen molar-refractivity contribution in [2.45, 2.75) is 12.2 Å². The third-order valence-corrected chi connectivity index (χ3v) is 1.48. The molecule has 0 aromatic carbocycles. The number of aliphatic hydroxyl groups excluding tert-OH is 4. The van der Waals surface area contributed by atoms with Crippen molar-refractivity contribution in [2.75, 3.05) is 6.61 Å². The Kier molecular flexibility index (Phi) is 14.2. The average Bonchev–Trinajstić information content (AvgIpc) is 2.42. The van der Waals surface area contributed by atoms with Crippen LogP contribution in [0.25, 0.3) is 0 Å². The fraction of sp³-hybridized carbons (Fsp3) is 0.500. The van der Waals surface area contributed by atoms with Crippen LogP contribution in [0.4, 0.5) is 0 Å². The number of aliphatic hydroxyl groups is 4. The van der Waals surface area contributed by atoms with Crippen LogP contribution in [0.3, 0.4) is 0 Å². The van der Waals surface area contributed by atoms with Gasteiger partial charge in [-0.3, -0.25) is 0 Å². The van der Waals surface area contributed by atoms with Crippen LogP contribution >= 0.6 is 7.82 Å². The zero-order chi connectivity index (χ0) is 13.8. The minimum Gasteiger partial charge on any atom is -0.822 e. The molecule has 0 radical (unpaired) electrons. The van der Waals surface area contributed by atoms with E-state index in [2.05, 4.69) is 4.74 Å². The van der Waals surface area contributed by atoms with E-state index in [0.717, 1.165) is 0 Å². The summed E-state index contributed by atoms with van der Waals surface area (Å²) < 4.78 is 12.9. The summed E-state index contributed by atoms with van der Waals surface area (Å²) in [4.78, 5) is 36.2. The molecule has 0 saturated heterocycles. The van der Waals surface area contributed by atoms with E-state index in [9.17, 15) is 4.79 Å². The molecule has 0 aliphatic carbocycles. The van der Waals surface area contributed by atoms with Gasteiger partial charge in [0.05, 0.1) is 6.61 Å². The van der Waals surface area contributed by atoms with Crippen LogP contribution < -0.4 is 44.2 Å². The van der Waals surface area contributed by atoms with Crippen molar-refractivity contribution >= 4 is 51.5 Å². The molecule has 0 amide bonds. The molecule has 2 atom stereocenters. The molecule has 0 spiro atoms. The number of rotatable bonds is 2. The topological polar surface area (TPSA) is 193 Å². The zero-order valence-electron chi connectivity index (χ0n) is 9.75. The number of cyclic esters (lactones) is 1. The molecule has 1 aliphatic heterocycles. The van der Waals surface area contributed by atoms with Crippen LogP contribution in [0.15, 0.2) is 11.5 Å². The maximum absolute atomic E-state index is 10.5. The van der Waals surface area contributed by atoms with Crippen molar-refractivity contribution in [1.82, 2.24) is 0 Å². The summed E-state index contributed by atoms with van der Waals surface area (Å²) in [5.41, 5.74) is 0. The molecule has 10 nitrogen and oxygen atoms in total. The van der Waals surface area contributed by atoms with E-state index >= 15 is 0 Å². The first-order chi connectivity index (χ1) is 7.57. The van der Waals surface area contributed by atoms with E-state index in [4.69, 9.17) is 39.7 Å². The molecule has 1 aliphatic rings. The smallest absolute Gasteiger partial charge is 0.822 e. The van der Waals surface area contributed by atoms with E-state index in [1.807, 2.05) is 0 Å². The summed E-state index contributed by atoms with van der Waals surface area (Å²) >= 11 is 0. The molecule has 0 aromatic rings. The van der Waals surface area contributed by atoms with Gasteiger partial charge in [-0.05, 0) is 0 Å². The second-order valence-electron chi connectivity index (χ2n) is 2.76. The van der Waals surface area contributed by atoms with Gasteiger partial charge in [-0.1, -0.05) is 0 Å². The summed E-state index contributed by atoms with van der Waals surface area (Å²) in [7, 11) is -5.39. The van der Waals surface area contributed by atoms with Gasteiger partial charge in [0.2, 0.25) is 5.76 Å². The van der Waals surface area contributed by atoms with Crippen LogP contribution in [-0.2, 0) is 14.1 Å². The normalized spacial score (nSPS) is 19.4. The summed E-state index contributed by atoms with van der Waals surface area (Å²) in [6, 6.07) is 0. The second kappa shape index (κ2) is 10.8. The van der Waals surface area contributed by atoms with E-state index in [1.54, 1.807) is 0 Å². The average molecular weight is 334 g/mol. The van der Waals surface area contributed by atoms with Gasteiger partial charge in [0.15, 0.2) is 11.9 Å². The first-order valence-electron chi connectivity index (χ1n) is 3.93. The minimum atomic E-state index is -5.39. The fourth-order valence-corrected chi connectivity index (χ4v) is 0.823. The van der Waals surface area contributed by atoms with Gasteiger partial charge in [-0.2, -0.15) is 7.82 Å². The third kappa shape index (κ3) is 10.5. The molecular formula is C6H8CaNaO10P. The summed E-state index contributed by atoms with van der Waals surface area (Å²) in [6.45, 7) is -0.671. The zero-order valence-corrected chi connectivity index (χ0v) is 14.9. The van der Waals surface area contributed by atoms with Gasteiger partial charge >= 0.3 is 73.3 Å². The molecule has 4 N–H and O–H groups in total. The third-order valence-electron chi connectivity index (χ3n) is 1.48. The largest absolute Gasteiger partial charge is 2.00 e. The number of ether oxygens (including phenoxy) is 1. The predicted octanol–water partition coefficient (Wildman–Crippen LogP) is -7.61. The summed E-state index contributed by atoms with van der Waals surface area (Å²) in [5.74, 6) is -2.78. The van der Waals surface area contributed by atoms with E-state index < -0.39 is 44.1 Å². The number of carbonyl (C=O) groups is 1. The van der Waals surface area contributed by atoms with E-state index in [0.29, 0.717) is 0 Å². The second-order valence-corrected chi connectivity index (χ2v) is 3.65. The van der Waals surface area contributed by atoms with E-state index in [1.165, 1.54) is 0 Å². The minimum absolute atomic E-state index is 0. The number of hydrogen-bond acceptors (Lipinski definition) is 10. The molecule has 0 saturated carbocycles. The Hall–Kier alpha value is 1.10. The molecule has 13 heteroatoms. The first kappa shape index (κ1) is 25.1. The molecule has 100 valence electrons. The molecule has 0 unspecified atom stereocenters. The van der Waals surface area contributed by atoms with Gasteiger partial charge in [0.25, 0.3) is 0 Å². The van der Waals surface area contributed by atoms with Gasteiger partial charge in [-0.15, -0.1) is 0 Å². The molecular weight excluding hydrogens is 326 g/mol. The number of hydrogen-bond donors (Lipinski definition) is 4. The van der Waals surface area contributed by atoms with Crippen molar-refractivity contribution in [3.63, 3.8) is 0 Å². The van der Waals surface area contributed by atoms with Crippen molar-refractivity contribution < 1.29 is 78.8 Å². The van der Waals surface area contributed by atoms with Crippen LogP contribution in [0, 0.1) is 0 Å². The molecule has 1 heterocycles. The molecule has 1 rings (SSSR count). The Bertz CT molecular complexity index is 359. The summed E-state index contributed by atoms with van der Waals surface area (Å²) in [6.07, 6.45) is -2.78. The quantitative estimate of drug-likeness (QED) is 0.214. The van der Waals surface area contributed by atoms with Crippen molar-refractivity contribution in [3.05, 3.63) is 11.5 Å². The Labute approximate surface area is 159 Å². The maximum Gasteiger partial charge on any atom is 2.00 e. The number of esters is 1. The molecule has 0 aromatic heterocycles. The molecule has 19 heavy (non-hydrogen) atoms. The first-order valence-corrected chi connectivity index (χ1v) is 5.39. The summed E-state index contributed by atoms with van der Waals surface area (Å²) in [5, 5.41) is 35.0. The Morgan fingerprint density at radius 3 is 1.89 bits per heavy atom. The SMILES string of the molecule is O=C1O[C@H]([C@@H](O)CO)C(O)=C1O.O=P([O-])([O-])[O-].[Ca+2].[Na+]. The fourth-order valence-electron chi connectivity index (χ4n) is 0.823. The van der Waals surface area contributed by atoms with Gasteiger partial charge < -0.3 is 44.4 Å². The van der Waals surface area contributed by atoms with Crippen molar-refractivity contribution in [1.29, 1.82) is 0 Å². The number of carbonyl (C=O) groups excluding carboxylic acids is 1. The monoisotopic (exact) mass is 334 g/mol. The van der Waals surface area contributed by atoms with Crippen LogP contribution in [0.2, 0.25) is 0 Å². The Morgan fingerprint density at radius 2 is 1.68 bits per heavy atom. The molecule has 0 fully saturated rings.